The number of nitrogen functional groups attached to an aromatic ring is 1. The number of ether oxygens (including phenoxy) is 1. The van der Waals surface area contributed by atoms with Crippen molar-refractivity contribution in [1.29, 1.82) is 5.41 Å². The number of anilines is 1. The molecule has 8 nitrogen and oxygen atoms in total. The van der Waals surface area contributed by atoms with Crippen molar-refractivity contribution in [3.63, 3.8) is 0 Å². The van der Waals surface area contributed by atoms with E-state index in [1.807, 2.05) is 0 Å². The number of piperidine rings is 1. The summed E-state index contributed by atoms with van der Waals surface area (Å²) in [7, 11) is 3.71. The molecule has 1 aromatic carbocycles. The van der Waals surface area contributed by atoms with Crippen LogP contribution in [0.2, 0.25) is 0 Å². The van der Waals surface area contributed by atoms with Gasteiger partial charge in [-0.15, -0.1) is 0 Å². The Morgan fingerprint density at radius 3 is 2.50 bits per heavy atom. The number of hydrogen-bond donors (Lipinski definition) is 4. The van der Waals surface area contributed by atoms with Gasteiger partial charge in [0, 0.05) is 29.4 Å². The third-order valence-corrected chi connectivity index (χ3v) is 5.19. The van der Waals surface area contributed by atoms with E-state index in [1.54, 1.807) is 25.3 Å². The van der Waals surface area contributed by atoms with Crippen LogP contribution >= 0.6 is 0 Å². The molecule has 2 saturated heterocycles. The molecule has 3 rings (SSSR count). The van der Waals surface area contributed by atoms with Crippen LogP contribution in [0.25, 0.3) is 0 Å². The minimum Gasteiger partial charge on any atom is -0.497 e. The predicted octanol–water partition coefficient (Wildman–Crippen LogP) is 1.09. The maximum absolute atomic E-state index is 12.4. The lowest BCUT2D eigenvalue weighted by molar-refractivity contribution is -0.123. The minimum atomic E-state index is -0.362. The van der Waals surface area contributed by atoms with E-state index < -0.39 is 0 Å². The third-order valence-electron chi connectivity index (χ3n) is 5.19. The topological polar surface area (TPSA) is 129 Å². The fraction of sp³-hybridized carbons (Fsp3) is 0.500. The number of methoxy groups -OCH3 is 1. The zero-order valence-electron chi connectivity index (χ0n) is 15.1. The van der Waals surface area contributed by atoms with Gasteiger partial charge in [-0.1, -0.05) is 0 Å². The molecule has 2 atom stereocenters. The third kappa shape index (κ3) is 4.32. The van der Waals surface area contributed by atoms with Crippen LogP contribution in [0.1, 0.15) is 31.2 Å². The Hall–Kier alpha value is -2.61. The lowest BCUT2D eigenvalue weighted by Gasteiger charge is -2.36. The molecule has 1 aromatic rings. The van der Waals surface area contributed by atoms with Crippen molar-refractivity contribution in [3.8, 4) is 5.75 Å². The second-order valence-electron chi connectivity index (χ2n) is 6.63. The van der Waals surface area contributed by atoms with E-state index in [1.165, 1.54) is 12.8 Å². The zero-order valence-corrected chi connectivity index (χ0v) is 15.1. The molecule has 26 heavy (non-hydrogen) atoms. The van der Waals surface area contributed by atoms with Gasteiger partial charge >= 0.3 is 0 Å². The van der Waals surface area contributed by atoms with Gasteiger partial charge in [0.25, 0.3) is 12.4 Å². The Bertz CT molecular complexity index is 665. The standard InChI is InChI=1S/C17H24N4O2.CH2O2/c1-21-11-3-4-12(21)8-10(7-11)20-17(22)16(19)14-9-13(23-2)5-6-15(14)18;2-1-3/h5-6,9-12,19H,3-4,7-8,18H2,1-2H3,(H,20,22);1H,(H,2,3). The van der Waals surface area contributed by atoms with Crippen molar-refractivity contribution in [2.24, 2.45) is 0 Å². The van der Waals surface area contributed by atoms with Crippen LogP contribution in [0.15, 0.2) is 18.2 Å². The Labute approximate surface area is 152 Å². The molecule has 2 fully saturated rings. The molecule has 0 aromatic heterocycles. The first-order valence-corrected chi connectivity index (χ1v) is 8.54. The second-order valence-corrected chi connectivity index (χ2v) is 6.63. The normalized spacial score (nSPS) is 24.2. The monoisotopic (exact) mass is 362 g/mol. The van der Waals surface area contributed by atoms with Crippen molar-refractivity contribution in [2.45, 2.75) is 43.8 Å². The van der Waals surface area contributed by atoms with Crippen molar-refractivity contribution >= 4 is 23.8 Å². The van der Waals surface area contributed by atoms with Gasteiger partial charge in [0.15, 0.2) is 0 Å². The summed E-state index contributed by atoms with van der Waals surface area (Å²) >= 11 is 0. The van der Waals surface area contributed by atoms with Gasteiger partial charge in [0.1, 0.15) is 11.5 Å². The molecule has 2 bridgehead atoms. The van der Waals surface area contributed by atoms with E-state index in [4.69, 9.17) is 25.8 Å². The summed E-state index contributed by atoms with van der Waals surface area (Å²) in [5, 5.41) is 18.1. The number of benzene rings is 1. The number of nitrogens with zero attached hydrogens (tertiary/aromatic N) is 1. The predicted molar refractivity (Wildman–Crippen MR) is 98.7 cm³/mol. The quantitative estimate of drug-likeness (QED) is 0.360. The van der Waals surface area contributed by atoms with Gasteiger partial charge in [-0.05, 0) is 50.9 Å². The first-order chi connectivity index (χ1) is 12.4. The van der Waals surface area contributed by atoms with Crippen molar-refractivity contribution in [2.75, 3.05) is 19.9 Å². The number of fused-ring (bicyclic) bond motifs is 2. The van der Waals surface area contributed by atoms with Crippen LogP contribution in [-0.2, 0) is 9.59 Å². The summed E-state index contributed by atoms with van der Waals surface area (Å²) < 4.78 is 5.15. The largest absolute Gasteiger partial charge is 0.497 e. The first-order valence-electron chi connectivity index (χ1n) is 8.54. The van der Waals surface area contributed by atoms with E-state index >= 15 is 0 Å². The van der Waals surface area contributed by atoms with E-state index in [0.29, 0.717) is 29.1 Å². The van der Waals surface area contributed by atoms with Gasteiger partial charge in [0.05, 0.1) is 7.11 Å². The second kappa shape index (κ2) is 8.66. The Kier molecular flexibility index (Phi) is 6.57. The number of hydrogen-bond acceptors (Lipinski definition) is 6. The van der Waals surface area contributed by atoms with Crippen LogP contribution < -0.4 is 15.8 Å². The molecule has 2 aliphatic rings. The SMILES string of the molecule is COc1ccc(N)c(C(=N)C(=O)NC2CC3CCC(C2)N3C)c1.O=CO. The highest BCUT2D eigenvalue weighted by Crippen LogP contribution is 2.34. The number of amides is 1. The zero-order chi connectivity index (χ0) is 19.3. The van der Waals surface area contributed by atoms with Crippen molar-refractivity contribution < 1.29 is 19.4 Å². The molecular formula is C18H26N4O4. The van der Waals surface area contributed by atoms with Crippen LogP contribution in [0.3, 0.4) is 0 Å². The fourth-order valence-corrected chi connectivity index (χ4v) is 3.79. The Morgan fingerprint density at radius 2 is 1.96 bits per heavy atom. The van der Waals surface area contributed by atoms with E-state index in [-0.39, 0.29) is 24.1 Å². The summed E-state index contributed by atoms with van der Waals surface area (Å²) in [6, 6.07) is 6.26. The average molecular weight is 362 g/mol. The molecule has 0 aliphatic carbocycles. The molecule has 0 radical (unpaired) electrons. The van der Waals surface area contributed by atoms with E-state index in [0.717, 1.165) is 12.8 Å². The molecule has 0 spiro atoms. The van der Waals surface area contributed by atoms with E-state index in [9.17, 15) is 4.79 Å². The fourth-order valence-electron chi connectivity index (χ4n) is 3.79. The number of carbonyl (C=O) groups is 2. The summed E-state index contributed by atoms with van der Waals surface area (Å²) in [5.41, 5.74) is 6.63. The van der Waals surface area contributed by atoms with Gasteiger partial charge < -0.3 is 25.8 Å². The van der Waals surface area contributed by atoms with Gasteiger partial charge in [0.2, 0.25) is 0 Å². The van der Waals surface area contributed by atoms with Gasteiger partial charge in [-0.25, -0.2) is 0 Å². The smallest absolute Gasteiger partial charge is 0.290 e. The Balaban J connectivity index is 0.000000758. The van der Waals surface area contributed by atoms with Crippen molar-refractivity contribution in [3.05, 3.63) is 23.8 Å². The van der Waals surface area contributed by atoms with Crippen LogP contribution in [-0.4, -0.2) is 60.4 Å². The van der Waals surface area contributed by atoms with Gasteiger partial charge in [-0.2, -0.15) is 0 Å². The van der Waals surface area contributed by atoms with Crippen LogP contribution in [0.5, 0.6) is 5.75 Å². The Morgan fingerprint density at radius 1 is 1.38 bits per heavy atom. The molecule has 2 unspecified atom stereocenters. The number of carboxylic acid groups (broad SMARTS) is 1. The summed E-state index contributed by atoms with van der Waals surface area (Å²) in [4.78, 5) is 23.2. The maximum atomic E-state index is 12.4. The highest BCUT2D eigenvalue weighted by atomic mass is 16.5. The number of carbonyl (C=O) groups excluding carboxylic acids is 1. The first kappa shape index (κ1) is 19.7. The maximum Gasteiger partial charge on any atom is 0.290 e. The number of nitrogens with one attached hydrogen (secondary N) is 2. The molecule has 0 saturated carbocycles. The van der Waals surface area contributed by atoms with Gasteiger partial charge in [-0.3, -0.25) is 15.0 Å². The molecular weight excluding hydrogens is 336 g/mol. The summed E-state index contributed by atoms with van der Waals surface area (Å²) in [5.74, 6) is 0.225. The highest BCUT2D eigenvalue weighted by molar-refractivity contribution is 6.45. The molecule has 1 amide bonds. The molecule has 5 N–H and O–H groups in total. The average Bonchev–Trinajstić information content (AvgIpc) is 2.83. The summed E-state index contributed by atoms with van der Waals surface area (Å²) in [6.45, 7) is -0.250. The molecule has 142 valence electrons. The lowest BCUT2D eigenvalue weighted by Crippen LogP contribution is -2.50. The summed E-state index contributed by atoms with van der Waals surface area (Å²) in [6.07, 6.45) is 4.32. The number of nitrogens with two attached hydrogens (primary N) is 1. The molecule has 2 heterocycles. The van der Waals surface area contributed by atoms with Crippen molar-refractivity contribution in [1.82, 2.24) is 10.2 Å². The van der Waals surface area contributed by atoms with E-state index in [2.05, 4.69) is 17.3 Å². The van der Waals surface area contributed by atoms with Crippen LogP contribution in [0.4, 0.5) is 5.69 Å². The number of rotatable bonds is 4. The lowest BCUT2D eigenvalue weighted by atomic mass is 9.97. The highest BCUT2D eigenvalue weighted by Gasteiger charge is 2.39. The molecule has 2 aliphatic heterocycles. The van der Waals surface area contributed by atoms with Crippen LogP contribution in [0, 0.1) is 5.41 Å². The molecule has 8 heteroatoms. The minimum absolute atomic E-state index is 0.104.